The van der Waals surface area contributed by atoms with Crippen LogP contribution in [0.2, 0.25) is 0 Å². The van der Waals surface area contributed by atoms with E-state index in [2.05, 4.69) is 33.1 Å². The lowest BCUT2D eigenvalue weighted by Gasteiger charge is -2.19. The number of rotatable bonds is 9. The molecule has 0 aliphatic carbocycles. The van der Waals surface area contributed by atoms with E-state index in [1.165, 1.54) is 12.7 Å². The van der Waals surface area contributed by atoms with E-state index in [0.29, 0.717) is 11.2 Å². The number of fused-ring (bicyclic) bond motifs is 1. The molecule has 0 saturated carbocycles. The van der Waals surface area contributed by atoms with Crippen LogP contribution in [0, 0.1) is 0 Å². The highest BCUT2D eigenvalue weighted by Gasteiger charge is 2.41. The Hall–Kier alpha value is -1.36. The lowest BCUT2D eigenvalue weighted by Crippen LogP contribution is -2.33. The van der Waals surface area contributed by atoms with Gasteiger partial charge in [0.15, 0.2) is 11.2 Å². The van der Waals surface area contributed by atoms with Crippen LogP contribution in [0.1, 0.15) is 0 Å². The normalized spacial score (nSPS) is 18.0. The summed E-state index contributed by atoms with van der Waals surface area (Å²) in [6.45, 7) is -1.99. The molecule has 0 radical (unpaired) electrons. The van der Waals surface area contributed by atoms with Crippen molar-refractivity contribution < 1.29 is 61.7 Å². The zero-order valence-corrected chi connectivity index (χ0v) is 17.1. The summed E-state index contributed by atoms with van der Waals surface area (Å²) in [5.41, 5.74) is 0.675. The SMILES string of the molecule is O=P(O)(O)OP(=O)(O)OP(=O)(O)OC[C@@H](O)[C@@H](O)CO.O=c1[nH]cnc2nc[nH]c12. The standard InChI is InChI=1S/C5H4N4O.C4H13O13P3/c10-5-3-4(7-1-6-3)8-2-9-5;5-1-3(6)4(7)2-15-19(11,12)17-20(13,14)16-18(8,9)10/h1-2H,(H2,6,7,8,9,10);3-7H,1-2H2,(H,11,12)(H,13,14)(H2,8,9,10)/t;3-,4+/m.0/s1. The topological polar surface area (TPSA) is 295 Å². The number of phosphoric acid groups is 3. The zero-order valence-electron chi connectivity index (χ0n) is 14.4. The summed E-state index contributed by atoms with van der Waals surface area (Å²) < 4.78 is 43.0. The Morgan fingerprint density at radius 2 is 1.50 bits per heavy atom. The number of aliphatic hydroxyl groups is 3. The van der Waals surface area contributed by atoms with Crippen LogP contribution < -0.4 is 5.56 Å². The van der Waals surface area contributed by atoms with Crippen molar-refractivity contribution in [3.8, 4) is 0 Å². The van der Waals surface area contributed by atoms with Crippen LogP contribution in [-0.4, -0.2) is 80.3 Å². The molecule has 21 heteroatoms. The molecular weight excluding hydrogens is 481 g/mol. The molecule has 2 unspecified atom stereocenters. The second-order valence-corrected chi connectivity index (χ2v) is 9.46. The molecule has 30 heavy (non-hydrogen) atoms. The van der Waals surface area contributed by atoms with Crippen LogP contribution in [0.15, 0.2) is 17.4 Å². The number of aromatic nitrogens is 4. The molecule has 0 bridgehead atoms. The molecule has 0 aromatic carbocycles. The van der Waals surface area contributed by atoms with Crippen molar-refractivity contribution in [1.29, 1.82) is 0 Å². The number of imidazole rings is 1. The molecule has 2 rings (SSSR count). The maximum absolute atomic E-state index is 11.1. The molecule has 172 valence electrons. The second kappa shape index (κ2) is 10.8. The van der Waals surface area contributed by atoms with E-state index in [9.17, 15) is 18.5 Å². The van der Waals surface area contributed by atoms with Gasteiger partial charge in [-0.25, -0.2) is 23.7 Å². The predicted octanol–water partition coefficient (Wildman–Crippen LogP) is -2.31. The van der Waals surface area contributed by atoms with Crippen LogP contribution in [0.3, 0.4) is 0 Å². The van der Waals surface area contributed by atoms with Crippen LogP contribution in [0.4, 0.5) is 0 Å². The first-order valence-corrected chi connectivity index (χ1v) is 11.8. The average molecular weight is 498 g/mol. The smallest absolute Gasteiger partial charge is 0.394 e. The molecule has 2 aromatic rings. The van der Waals surface area contributed by atoms with E-state index >= 15 is 0 Å². The van der Waals surface area contributed by atoms with Crippen molar-refractivity contribution >= 4 is 34.6 Å². The minimum atomic E-state index is -5.62. The zero-order chi connectivity index (χ0) is 23.2. The number of hydrogen-bond acceptors (Lipinski definition) is 12. The molecule has 0 aliphatic heterocycles. The molecule has 18 nitrogen and oxygen atoms in total. The Kier molecular flexibility index (Phi) is 9.59. The Balaban J connectivity index is 0.000000367. The second-order valence-electron chi connectivity index (χ2n) is 5.04. The maximum atomic E-state index is 11.1. The summed E-state index contributed by atoms with van der Waals surface area (Å²) in [6.07, 6.45) is -0.787. The van der Waals surface area contributed by atoms with Gasteiger partial charge in [-0.3, -0.25) is 9.32 Å². The number of aromatic amines is 2. The van der Waals surface area contributed by atoms with Gasteiger partial charge in [0.2, 0.25) is 0 Å². The van der Waals surface area contributed by atoms with Crippen molar-refractivity contribution in [2.45, 2.75) is 12.2 Å². The van der Waals surface area contributed by atoms with Gasteiger partial charge in [-0.1, -0.05) is 0 Å². The van der Waals surface area contributed by atoms with E-state index in [1.807, 2.05) is 0 Å². The summed E-state index contributed by atoms with van der Waals surface area (Å²) in [5.74, 6) is 0. The summed E-state index contributed by atoms with van der Waals surface area (Å²) in [6, 6.07) is 0. The van der Waals surface area contributed by atoms with Gasteiger partial charge >= 0.3 is 23.5 Å². The van der Waals surface area contributed by atoms with Crippen molar-refractivity contribution in [2.75, 3.05) is 13.2 Å². The van der Waals surface area contributed by atoms with Gasteiger partial charge in [0.25, 0.3) is 5.56 Å². The highest BCUT2D eigenvalue weighted by atomic mass is 31.3. The highest BCUT2D eigenvalue weighted by molar-refractivity contribution is 7.66. The van der Waals surface area contributed by atoms with Gasteiger partial charge in [0.05, 0.1) is 25.9 Å². The molecule has 9 N–H and O–H groups in total. The molecule has 0 spiro atoms. The van der Waals surface area contributed by atoms with Crippen LogP contribution in [-0.2, 0) is 26.8 Å². The third kappa shape index (κ3) is 9.63. The average Bonchev–Trinajstić information content (AvgIpc) is 3.06. The fraction of sp³-hybridized carbons (Fsp3) is 0.444. The number of hydrogen-bond donors (Lipinski definition) is 9. The highest BCUT2D eigenvalue weighted by Crippen LogP contribution is 2.66. The van der Waals surface area contributed by atoms with Crippen molar-refractivity contribution in [1.82, 2.24) is 19.9 Å². The Morgan fingerprint density at radius 1 is 0.933 bits per heavy atom. The molecule has 2 heterocycles. The maximum Gasteiger partial charge on any atom is 0.490 e. The minimum Gasteiger partial charge on any atom is -0.394 e. The van der Waals surface area contributed by atoms with Gasteiger partial charge in [-0.15, -0.1) is 0 Å². The van der Waals surface area contributed by atoms with Crippen LogP contribution >= 0.6 is 23.5 Å². The van der Waals surface area contributed by atoms with Crippen molar-refractivity contribution in [3.63, 3.8) is 0 Å². The first kappa shape index (κ1) is 26.7. The number of aliphatic hydroxyl groups excluding tert-OH is 3. The first-order chi connectivity index (χ1) is 13.7. The number of H-pyrrole nitrogens is 2. The van der Waals surface area contributed by atoms with E-state index < -0.39 is 48.9 Å². The Bertz CT molecular complexity index is 1020. The quantitative estimate of drug-likeness (QED) is 0.164. The molecule has 0 fully saturated rings. The predicted molar refractivity (Wildman–Crippen MR) is 93.4 cm³/mol. The summed E-state index contributed by atoms with van der Waals surface area (Å²) in [7, 11) is -16.4. The third-order valence-corrected chi connectivity index (χ3v) is 6.49. The van der Waals surface area contributed by atoms with Gasteiger partial charge < -0.3 is 44.9 Å². The van der Waals surface area contributed by atoms with E-state index in [-0.39, 0.29) is 5.56 Å². The lowest BCUT2D eigenvalue weighted by atomic mass is 10.2. The van der Waals surface area contributed by atoms with Gasteiger partial charge in [-0.2, -0.15) is 8.62 Å². The molecule has 0 aliphatic rings. The molecule has 2 aromatic heterocycles. The Labute approximate surface area is 165 Å². The third-order valence-electron chi connectivity index (χ3n) is 2.68. The summed E-state index contributed by atoms with van der Waals surface area (Å²) >= 11 is 0. The van der Waals surface area contributed by atoms with E-state index in [0.717, 1.165) is 0 Å². The fourth-order valence-electron chi connectivity index (χ4n) is 1.48. The molecule has 0 saturated heterocycles. The van der Waals surface area contributed by atoms with Crippen molar-refractivity contribution in [3.05, 3.63) is 23.0 Å². The van der Waals surface area contributed by atoms with E-state index in [4.69, 9.17) is 34.9 Å². The lowest BCUT2D eigenvalue weighted by molar-refractivity contribution is -0.0380. The largest absolute Gasteiger partial charge is 0.490 e. The summed E-state index contributed by atoms with van der Waals surface area (Å²) in [5, 5.41) is 26.4. The molecular formula is C9H17N4O14P3. The van der Waals surface area contributed by atoms with Crippen LogP contribution in [0.25, 0.3) is 11.2 Å². The van der Waals surface area contributed by atoms with Gasteiger partial charge in [-0.05, 0) is 0 Å². The van der Waals surface area contributed by atoms with Gasteiger partial charge in [0.1, 0.15) is 12.2 Å². The number of nitrogens with one attached hydrogen (secondary N) is 2. The number of phosphoric ester groups is 1. The van der Waals surface area contributed by atoms with Gasteiger partial charge in [0, 0.05) is 0 Å². The first-order valence-electron chi connectivity index (χ1n) is 7.28. The Morgan fingerprint density at radius 3 is 2.00 bits per heavy atom. The molecule has 4 atom stereocenters. The monoisotopic (exact) mass is 498 g/mol. The van der Waals surface area contributed by atoms with E-state index in [1.54, 1.807) is 0 Å². The summed E-state index contributed by atoms with van der Waals surface area (Å²) in [4.78, 5) is 57.7. The fourth-order valence-corrected chi connectivity index (χ4v) is 4.52. The van der Waals surface area contributed by atoms with Crippen molar-refractivity contribution in [2.24, 2.45) is 0 Å². The molecule has 0 amide bonds. The minimum absolute atomic E-state index is 0.192. The number of nitrogens with zero attached hydrogens (tertiary/aromatic N) is 2. The van der Waals surface area contributed by atoms with Crippen LogP contribution in [0.5, 0.6) is 0 Å².